The fourth-order valence-electron chi connectivity index (χ4n) is 4.75. The molecule has 0 spiro atoms. The SMILES string of the molecule is [Y].[c-]1ccccc1-c1[c-]cccc1-c1c2ccccc2c(-c2ccccc2)c2ccccc12. The van der Waals surface area contributed by atoms with Crippen LogP contribution in [-0.2, 0) is 32.7 Å². The molecule has 0 aliphatic rings. The van der Waals surface area contributed by atoms with Crippen LogP contribution in [-0.4, -0.2) is 0 Å². The minimum absolute atomic E-state index is 0. The van der Waals surface area contributed by atoms with Crippen LogP contribution >= 0.6 is 0 Å². The molecule has 0 aliphatic carbocycles. The second kappa shape index (κ2) is 9.43. The van der Waals surface area contributed by atoms with E-state index in [1.54, 1.807) is 0 Å². The second-order valence-electron chi connectivity index (χ2n) is 7.94. The van der Waals surface area contributed by atoms with Crippen molar-refractivity contribution in [2.45, 2.75) is 0 Å². The molecular weight excluding hydrogens is 473 g/mol. The van der Waals surface area contributed by atoms with Crippen LogP contribution in [0, 0.1) is 12.1 Å². The monoisotopic (exact) mass is 493 g/mol. The van der Waals surface area contributed by atoms with Crippen molar-refractivity contribution in [2.75, 3.05) is 0 Å². The minimum atomic E-state index is 0. The molecule has 0 amide bonds. The normalized spacial score (nSPS) is 10.8. The number of benzene rings is 6. The third-order valence-electron chi connectivity index (χ3n) is 6.10. The van der Waals surface area contributed by atoms with Gasteiger partial charge in [0.25, 0.3) is 0 Å². The van der Waals surface area contributed by atoms with Crippen molar-refractivity contribution in [3.63, 3.8) is 0 Å². The quantitative estimate of drug-likeness (QED) is 0.171. The molecule has 0 aliphatic heterocycles. The van der Waals surface area contributed by atoms with Gasteiger partial charge in [-0.05, 0) is 32.7 Å². The van der Waals surface area contributed by atoms with Crippen LogP contribution in [0.25, 0.3) is 54.9 Å². The smallest absolute Gasteiger partial charge is 0 e. The first-order valence-corrected chi connectivity index (χ1v) is 10.9. The molecule has 0 heterocycles. The van der Waals surface area contributed by atoms with Gasteiger partial charge in [-0.3, -0.25) is 0 Å². The third-order valence-corrected chi connectivity index (χ3v) is 6.10. The van der Waals surface area contributed by atoms with Crippen LogP contribution in [0.15, 0.2) is 121 Å². The zero-order valence-electron chi connectivity index (χ0n) is 18.1. The maximum atomic E-state index is 3.50. The summed E-state index contributed by atoms with van der Waals surface area (Å²) in [5.41, 5.74) is 7.09. The summed E-state index contributed by atoms with van der Waals surface area (Å²) < 4.78 is 0. The molecule has 0 aromatic heterocycles. The Kier molecular flexibility index (Phi) is 6.22. The van der Waals surface area contributed by atoms with Crippen LogP contribution in [0.4, 0.5) is 0 Å². The maximum Gasteiger partial charge on any atom is 0 e. The fourth-order valence-corrected chi connectivity index (χ4v) is 4.75. The van der Waals surface area contributed by atoms with Gasteiger partial charge in [-0.25, -0.2) is 11.1 Å². The van der Waals surface area contributed by atoms with E-state index >= 15 is 0 Å². The first kappa shape index (κ1) is 21.8. The summed E-state index contributed by atoms with van der Waals surface area (Å²) in [5.74, 6) is 0. The van der Waals surface area contributed by atoms with E-state index in [0.717, 1.165) is 11.1 Å². The molecule has 0 nitrogen and oxygen atoms in total. The van der Waals surface area contributed by atoms with Crippen LogP contribution < -0.4 is 0 Å². The first-order chi connectivity index (χ1) is 15.9. The maximum absolute atomic E-state index is 3.50. The molecule has 0 N–H and O–H groups in total. The Morgan fingerprint density at radius 3 is 1.58 bits per heavy atom. The number of hydrogen-bond acceptors (Lipinski definition) is 0. The van der Waals surface area contributed by atoms with Crippen LogP contribution in [0.2, 0.25) is 0 Å². The van der Waals surface area contributed by atoms with E-state index < -0.39 is 0 Å². The van der Waals surface area contributed by atoms with Crippen molar-refractivity contribution in [1.82, 2.24) is 0 Å². The number of rotatable bonds is 3. The van der Waals surface area contributed by atoms with Gasteiger partial charge in [0.15, 0.2) is 0 Å². The van der Waals surface area contributed by atoms with Gasteiger partial charge in [0, 0.05) is 32.7 Å². The van der Waals surface area contributed by atoms with E-state index in [0.29, 0.717) is 0 Å². The Morgan fingerprint density at radius 1 is 0.424 bits per heavy atom. The van der Waals surface area contributed by atoms with E-state index in [9.17, 15) is 0 Å². The molecule has 6 aromatic carbocycles. The average Bonchev–Trinajstić information content (AvgIpc) is 2.88. The standard InChI is InChI=1S/C32H20.Y/c1-3-13-23(14-4-1)25-17-7-8-18-26(25)32-29-21-11-9-19-27(29)31(24-15-5-2-6-16-24)28-20-10-12-22-30(28)32;/h1-13,15-16,18-22H;/q-2;. The van der Waals surface area contributed by atoms with Gasteiger partial charge in [0.2, 0.25) is 0 Å². The molecule has 0 unspecified atom stereocenters. The van der Waals surface area contributed by atoms with Gasteiger partial charge in [0.1, 0.15) is 0 Å². The zero-order chi connectivity index (χ0) is 21.3. The predicted molar refractivity (Wildman–Crippen MR) is 135 cm³/mol. The summed E-state index contributed by atoms with van der Waals surface area (Å²) in [7, 11) is 0. The van der Waals surface area contributed by atoms with Crippen molar-refractivity contribution < 1.29 is 32.7 Å². The van der Waals surface area contributed by atoms with Gasteiger partial charge >= 0.3 is 0 Å². The van der Waals surface area contributed by atoms with Gasteiger partial charge in [-0.1, -0.05) is 84.4 Å². The molecule has 1 heteroatoms. The van der Waals surface area contributed by atoms with Crippen molar-refractivity contribution in [2.24, 2.45) is 0 Å². The Balaban J connectivity index is 0.00000228. The van der Waals surface area contributed by atoms with Gasteiger partial charge in [-0.2, -0.15) is 36.4 Å². The Bertz CT molecular complexity index is 1490. The van der Waals surface area contributed by atoms with Gasteiger partial charge < -0.3 is 0 Å². The predicted octanol–water partition coefficient (Wildman–Crippen LogP) is 8.59. The van der Waals surface area contributed by atoms with Crippen molar-refractivity contribution in [3.05, 3.63) is 133 Å². The van der Waals surface area contributed by atoms with Crippen LogP contribution in [0.3, 0.4) is 0 Å². The summed E-state index contributed by atoms with van der Waals surface area (Å²) in [5, 5.41) is 5.03. The average molecular weight is 493 g/mol. The summed E-state index contributed by atoms with van der Waals surface area (Å²) in [4.78, 5) is 0. The molecule has 6 rings (SSSR count). The summed E-state index contributed by atoms with van der Waals surface area (Å²) in [6, 6.07) is 49.5. The van der Waals surface area contributed by atoms with Crippen LogP contribution in [0.5, 0.6) is 0 Å². The van der Waals surface area contributed by atoms with E-state index in [1.165, 1.54) is 43.8 Å². The third kappa shape index (κ3) is 3.84. The van der Waals surface area contributed by atoms with Crippen molar-refractivity contribution in [3.8, 4) is 33.4 Å². The van der Waals surface area contributed by atoms with Crippen LogP contribution in [0.1, 0.15) is 0 Å². The van der Waals surface area contributed by atoms with E-state index in [1.807, 2.05) is 18.2 Å². The van der Waals surface area contributed by atoms with Gasteiger partial charge in [-0.15, -0.1) is 23.8 Å². The molecule has 0 saturated carbocycles. The molecule has 0 saturated heterocycles. The Hall–Kier alpha value is -3.06. The second-order valence-corrected chi connectivity index (χ2v) is 7.94. The fraction of sp³-hybridized carbons (Fsp3) is 0. The largest absolute Gasteiger partial charge is 0.226 e. The van der Waals surface area contributed by atoms with Crippen molar-refractivity contribution in [1.29, 1.82) is 0 Å². The zero-order valence-corrected chi connectivity index (χ0v) is 21.0. The molecular formula is C32H20Y-2. The molecule has 33 heavy (non-hydrogen) atoms. The molecule has 6 aromatic rings. The number of fused-ring (bicyclic) bond motifs is 2. The molecule has 0 fully saturated rings. The van der Waals surface area contributed by atoms with Gasteiger partial charge in [0.05, 0.1) is 0 Å². The summed E-state index contributed by atoms with van der Waals surface area (Å²) in [6.45, 7) is 0. The molecule has 153 valence electrons. The van der Waals surface area contributed by atoms with E-state index in [-0.39, 0.29) is 32.7 Å². The molecule has 0 bridgehead atoms. The summed E-state index contributed by atoms with van der Waals surface area (Å²) in [6.07, 6.45) is 0. The van der Waals surface area contributed by atoms with E-state index in [2.05, 4.69) is 115 Å². The summed E-state index contributed by atoms with van der Waals surface area (Å²) >= 11 is 0. The van der Waals surface area contributed by atoms with E-state index in [4.69, 9.17) is 0 Å². The Morgan fingerprint density at radius 2 is 0.970 bits per heavy atom. The Labute approximate surface area is 219 Å². The van der Waals surface area contributed by atoms with Crippen molar-refractivity contribution >= 4 is 21.5 Å². The number of hydrogen-bond donors (Lipinski definition) is 0. The molecule has 1 radical (unpaired) electrons. The molecule has 0 atom stereocenters. The first-order valence-electron chi connectivity index (χ1n) is 10.9. The minimum Gasteiger partial charge on any atom is -0.226 e. The topological polar surface area (TPSA) is 0 Å².